The first-order chi connectivity index (χ1) is 16.9. The number of carbonyl (C=O) groups excluding carboxylic acids is 1. The van der Waals surface area contributed by atoms with E-state index in [0.29, 0.717) is 12.4 Å². The van der Waals surface area contributed by atoms with Gasteiger partial charge in [0, 0.05) is 0 Å². The summed E-state index contributed by atoms with van der Waals surface area (Å²) in [6.45, 7) is 2.23. The van der Waals surface area contributed by atoms with Crippen LogP contribution in [0.3, 0.4) is 0 Å². The molecule has 1 aliphatic rings. The van der Waals surface area contributed by atoms with Crippen LogP contribution in [0.25, 0.3) is 0 Å². The fraction of sp³-hybridized carbons (Fsp3) is 0.296. The Morgan fingerprint density at radius 2 is 1.83 bits per heavy atom. The molecule has 3 aromatic carbocycles. The highest BCUT2D eigenvalue weighted by molar-refractivity contribution is 7.89. The molecule has 3 aromatic rings. The molecule has 2 unspecified atom stereocenters. The Labute approximate surface area is 211 Å². The fourth-order valence-electron chi connectivity index (χ4n) is 4.39. The Morgan fingerprint density at radius 1 is 1.09 bits per heavy atom. The molecule has 1 amide bonds. The predicted octanol–water partition coefficient (Wildman–Crippen LogP) is 4.82. The number of halogens is 1. The monoisotopic (exact) mass is 512 g/mol. The lowest BCUT2D eigenvalue weighted by Gasteiger charge is -2.28. The minimum absolute atomic E-state index is 0.0279. The highest BCUT2D eigenvalue weighted by atomic mass is 35.5. The summed E-state index contributed by atoms with van der Waals surface area (Å²) in [6, 6.07) is 20.5. The number of amides is 1. The molecule has 0 aromatic heterocycles. The Hall–Kier alpha value is -2.87. The van der Waals surface area contributed by atoms with E-state index in [1.54, 1.807) is 0 Å². The molecule has 35 heavy (non-hydrogen) atoms. The van der Waals surface area contributed by atoms with E-state index in [9.17, 15) is 13.2 Å². The van der Waals surface area contributed by atoms with Gasteiger partial charge in [-0.1, -0.05) is 66.2 Å². The van der Waals surface area contributed by atoms with Gasteiger partial charge in [0.15, 0.2) is 0 Å². The van der Waals surface area contributed by atoms with Gasteiger partial charge in [-0.25, -0.2) is 8.42 Å². The molecule has 0 bridgehead atoms. The number of sulfonamides is 1. The number of hydrogen-bond acceptors (Lipinski definition) is 4. The van der Waals surface area contributed by atoms with E-state index < -0.39 is 16.1 Å². The van der Waals surface area contributed by atoms with Gasteiger partial charge in [-0.2, -0.15) is 4.72 Å². The molecular weight excluding hydrogens is 484 g/mol. The smallest absolute Gasteiger partial charge is 0.241 e. The lowest BCUT2D eigenvalue weighted by Crippen LogP contribution is -2.49. The lowest BCUT2D eigenvalue weighted by atomic mass is 9.87. The van der Waals surface area contributed by atoms with Crippen molar-refractivity contribution >= 4 is 27.5 Å². The molecule has 0 fully saturated rings. The summed E-state index contributed by atoms with van der Waals surface area (Å²) < 4.78 is 34.5. The van der Waals surface area contributed by atoms with Crippen LogP contribution >= 0.6 is 11.6 Å². The number of ether oxygens (including phenoxy) is 1. The molecule has 8 heteroatoms. The summed E-state index contributed by atoms with van der Waals surface area (Å²) in [6.07, 6.45) is 2.95. The number of rotatable bonds is 9. The van der Waals surface area contributed by atoms with Crippen LogP contribution in [0.5, 0.6) is 5.75 Å². The third-order valence-electron chi connectivity index (χ3n) is 6.10. The zero-order valence-electron chi connectivity index (χ0n) is 19.5. The topological polar surface area (TPSA) is 84.5 Å². The molecule has 184 valence electrons. The molecule has 0 heterocycles. The SMILES string of the molecule is CCOc1ccc(S(=O)(=O)NC(Cc2ccccc2)C(=O)NC2CCCc3ccccc32)cc1Cl. The van der Waals surface area contributed by atoms with E-state index >= 15 is 0 Å². The second kappa shape index (κ2) is 11.2. The summed E-state index contributed by atoms with van der Waals surface area (Å²) in [5.74, 6) is 0.0406. The van der Waals surface area contributed by atoms with E-state index in [4.69, 9.17) is 16.3 Å². The van der Waals surface area contributed by atoms with Crippen molar-refractivity contribution in [2.24, 2.45) is 0 Å². The van der Waals surface area contributed by atoms with Gasteiger partial charge in [0.25, 0.3) is 0 Å². The standard InChI is InChI=1S/C27H29ClN2O4S/c1-2-34-26-16-15-21(18-23(26)28)35(32,33)30-25(17-19-9-4-3-5-10-19)27(31)29-24-14-8-12-20-11-6-7-13-22(20)24/h3-7,9-11,13,15-16,18,24-25,30H,2,8,12,14,17H2,1H3,(H,29,31). The van der Waals surface area contributed by atoms with Crippen molar-refractivity contribution in [3.8, 4) is 5.75 Å². The quantitative estimate of drug-likeness (QED) is 0.430. The number of carbonyl (C=O) groups is 1. The first kappa shape index (κ1) is 25.2. The highest BCUT2D eigenvalue weighted by Crippen LogP contribution is 2.30. The fourth-order valence-corrected chi connectivity index (χ4v) is 5.91. The average Bonchev–Trinajstić information content (AvgIpc) is 2.85. The molecule has 0 saturated carbocycles. The summed E-state index contributed by atoms with van der Waals surface area (Å²) in [7, 11) is -4.03. The molecule has 0 spiro atoms. The third-order valence-corrected chi connectivity index (χ3v) is 7.86. The predicted molar refractivity (Wildman–Crippen MR) is 137 cm³/mol. The summed E-state index contributed by atoms with van der Waals surface area (Å²) in [5, 5.41) is 3.29. The lowest BCUT2D eigenvalue weighted by molar-refractivity contribution is -0.123. The Morgan fingerprint density at radius 3 is 2.57 bits per heavy atom. The van der Waals surface area contributed by atoms with E-state index in [-0.39, 0.29) is 28.3 Å². The second-order valence-corrected chi connectivity index (χ2v) is 10.7. The zero-order chi connectivity index (χ0) is 24.8. The van der Waals surface area contributed by atoms with Crippen LogP contribution in [0.15, 0.2) is 77.7 Å². The van der Waals surface area contributed by atoms with Crippen LogP contribution in [0.2, 0.25) is 5.02 Å². The van der Waals surface area contributed by atoms with Crippen molar-refractivity contribution in [2.45, 2.75) is 49.6 Å². The van der Waals surface area contributed by atoms with Crippen molar-refractivity contribution < 1.29 is 17.9 Å². The maximum atomic E-state index is 13.5. The van der Waals surface area contributed by atoms with Crippen molar-refractivity contribution in [3.63, 3.8) is 0 Å². The molecule has 4 rings (SSSR count). The number of nitrogens with one attached hydrogen (secondary N) is 2. The number of fused-ring (bicyclic) bond motifs is 1. The minimum Gasteiger partial charge on any atom is -0.492 e. The van der Waals surface area contributed by atoms with E-state index in [1.165, 1.54) is 23.8 Å². The molecule has 6 nitrogen and oxygen atoms in total. The van der Waals surface area contributed by atoms with E-state index in [2.05, 4.69) is 16.1 Å². The summed E-state index contributed by atoms with van der Waals surface area (Å²) >= 11 is 6.22. The summed E-state index contributed by atoms with van der Waals surface area (Å²) in [5.41, 5.74) is 3.16. The first-order valence-electron chi connectivity index (χ1n) is 11.7. The number of benzene rings is 3. The molecule has 2 N–H and O–H groups in total. The van der Waals surface area contributed by atoms with Gasteiger partial charge >= 0.3 is 0 Å². The zero-order valence-corrected chi connectivity index (χ0v) is 21.1. The molecule has 1 aliphatic carbocycles. The average molecular weight is 513 g/mol. The van der Waals surface area contributed by atoms with Crippen LogP contribution in [0, 0.1) is 0 Å². The van der Waals surface area contributed by atoms with E-state index in [1.807, 2.05) is 55.5 Å². The van der Waals surface area contributed by atoms with Gasteiger partial charge < -0.3 is 10.1 Å². The van der Waals surface area contributed by atoms with Crippen LogP contribution < -0.4 is 14.8 Å². The summed E-state index contributed by atoms with van der Waals surface area (Å²) in [4.78, 5) is 13.4. The maximum absolute atomic E-state index is 13.5. The second-order valence-electron chi connectivity index (χ2n) is 8.54. The van der Waals surface area contributed by atoms with Crippen LogP contribution in [0.1, 0.15) is 42.5 Å². The molecule has 0 radical (unpaired) electrons. The van der Waals surface area contributed by atoms with Gasteiger partial charge in [0.1, 0.15) is 11.8 Å². The van der Waals surface area contributed by atoms with Crippen molar-refractivity contribution in [1.82, 2.24) is 10.0 Å². The van der Waals surface area contributed by atoms with Gasteiger partial charge in [0.2, 0.25) is 15.9 Å². The van der Waals surface area contributed by atoms with Crippen LogP contribution in [-0.2, 0) is 27.7 Å². The number of aryl methyl sites for hydroxylation is 1. The first-order valence-corrected chi connectivity index (χ1v) is 13.6. The van der Waals surface area contributed by atoms with Gasteiger partial charge in [-0.15, -0.1) is 0 Å². The van der Waals surface area contributed by atoms with Crippen molar-refractivity contribution in [3.05, 3.63) is 94.5 Å². The van der Waals surface area contributed by atoms with Crippen molar-refractivity contribution in [2.75, 3.05) is 6.61 Å². The molecular formula is C27H29ClN2O4S. The molecule has 2 atom stereocenters. The van der Waals surface area contributed by atoms with Crippen LogP contribution in [0.4, 0.5) is 0 Å². The van der Waals surface area contributed by atoms with Gasteiger partial charge in [-0.3, -0.25) is 4.79 Å². The Bertz CT molecular complexity index is 1280. The number of hydrogen-bond donors (Lipinski definition) is 2. The Balaban J connectivity index is 1.58. The van der Waals surface area contributed by atoms with Gasteiger partial charge in [0.05, 0.1) is 22.6 Å². The maximum Gasteiger partial charge on any atom is 0.241 e. The van der Waals surface area contributed by atoms with Gasteiger partial charge in [-0.05, 0) is 67.5 Å². The Kier molecular flexibility index (Phi) is 8.11. The third kappa shape index (κ3) is 6.23. The largest absolute Gasteiger partial charge is 0.492 e. The van der Waals surface area contributed by atoms with Crippen molar-refractivity contribution in [1.29, 1.82) is 0 Å². The van der Waals surface area contributed by atoms with Crippen LogP contribution in [-0.4, -0.2) is 27.0 Å². The minimum atomic E-state index is -4.03. The highest BCUT2D eigenvalue weighted by Gasteiger charge is 2.30. The molecule has 0 aliphatic heterocycles. The molecule has 0 saturated heterocycles. The van der Waals surface area contributed by atoms with E-state index in [0.717, 1.165) is 30.4 Å². The normalized spacial score (nSPS) is 16.2.